The SMILES string of the molecule is CCCCCNC(=O)C(C)Nc1ccc(F)cc1I. The first-order chi connectivity index (χ1) is 9.04. The molecule has 1 amide bonds. The molecule has 1 atom stereocenters. The van der Waals surface area contributed by atoms with Crippen LogP contribution in [0.25, 0.3) is 0 Å². The lowest BCUT2D eigenvalue weighted by Crippen LogP contribution is -2.38. The second-order valence-corrected chi connectivity index (χ2v) is 5.65. The summed E-state index contributed by atoms with van der Waals surface area (Å²) in [4.78, 5) is 11.8. The molecule has 0 fully saturated rings. The van der Waals surface area contributed by atoms with Crippen molar-refractivity contribution in [3.8, 4) is 0 Å². The van der Waals surface area contributed by atoms with Crippen molar-refractivity contribution >= 4 is 34.2 Å². The zero-order chi connectivity index (χ0) is 14.3. The molecule has 5 heteroatoms. The van der Waals surface area contributed by atoms with E-state index in [1.807, 2.05) is 22.6 Å². The Morgan fingerprint density at radius 2 is 2.16 bits per heavy atom. The van der Waals surface area contributed by atoms with E-state index in [1.54, 1.807) is 13.0 Å². The fourth-order valence-electron chi connectivity index (χ4n) is 1.65. The summed E-state index contributed by atoms with van der Waals surface area (Å²) in [7, 11) is 0. The van der Waals surface area contributed by atoms with E-state index in [1.165, 1.54) is 12.1 Å². The maximum Gasteiger partial charge on any atom is 0.242 e. The number of nitrogens with one attached hydrogen (secondary N) is 2. The van der Waals surface area contributed by atoms with Crippen LogP contribution < -0.4 is 10.6 Å². The summed E-state index contributed by atoms with van der Waals surface area (Å²) in [5.41, 5.74) is 0.776. The van der Waals surface area contributed by atoms with Gasteiger partial charge in [-0.2, -0.15) is 0 Å². The molecule has 1 aromatic carbocycles. The van der Waals surface area contributed by atoms with Crippen LogP contribution in [0.4, 0.5) is 10.1 Å². The molecule has 1 rings (SSSR count). The van der Waals surface area contributed by atoms with Gasteiger partial charge in [-0.3, -0.25) is 4.79 Å². The lowest BCUT2D eigenvalue weighted by Gasteiger charge is -2.16. The highest BCUT2D eigenvalue weighted by molar-refractivity contribution is 14.1. The summed E-state index contributed by atoms with van der Waals surface area (Å²) >= 11 is 2.05. The smallest absolute Gasteiger partial charge is 0.242 e. The van der Waals surface area contributed by atoms with Crippen LogP contribution >= 0.6 is 22.6 Å². The van der Waals surface area contributed by atoms with E-state index in [-0.39, 0.29) is 17.8 Å². The number of halogens is 2. The molecule has 0 radical (unpaired) electrons. The molecule has 2 N–H and O–H groups in total. The van der Waals surface area contributed by atoms with E-state index in [0.29, 0.717) is 6.54 Å². The van der Waals surface area contributed by atoms with Crippen LogP contribution in [0.1, 0.15) is 33.1 Å². The molecule has 19 heavy (non-hydrogen) atoms. The first-order valence-corrected chi connectivity index (χ1v) is 7.61. The van der Waals surface area contributed by atoms with Gasteiger partial charge in [0.15, 0.2) is 0 Å². The van der Waals surface area contributed by atoms with E-state index in [2.05, 4.69) is 17.6 Å². The van der Waals surface area contributed by atoms with Crippen molar-refractivity contribution in [2.75, 3.05) is 11.9 Å². The van der Waals surface area contributed by atoms with E-state index in [9.17, 15) is 9.18 Å². The summed E-state index contributed by atoms with van der Waals surface area (Å²) < 4.78 is 13.7. The van der Waals surface area contributed by atoms with Gasteiger partial charge >= 0.3 is 0 Å². The Kier molecular flexibility index (Phi) is 7.12. The van der Waals surface area contributed by atoms with Crippen LogP contribution in [0, 0.1) is 9.39 Å². The topological polar surface area (TPSA) is 41.1 Å². The Bertz CT molecular complexity index is 426. The van der Waals surface area contributed by atoms with Gasteiger partial charge in [-0.05, 0) is 54.1 Å². The Morgan fingerprint density at radius 3 is 2.79 bits per heavy atom. The highest BCUT2D eigenvalue weighted by Gasteiger charge is 2.13. The van der Waals surface area contributed by atoms with E-state index in [4.69, 9.17) is 0 Å². The normalized spacial score (nSPS) is 12.0. The van der Waals surface area contributed by atoms with Gasteiger partial charge in [0.2, 0.25) is 5.91 Å². The van der Waals surface area contributed by atoms with E-state index < -0.39 is 0 Å². The number of anilines is 1. The second-order valence-electron chi connectivity index (χ2n) is 4.49. The number of amides is 1. The predicted octanol–water partition coefficient (Wildman–Crippen LogP) is 3.54. The largest absolute Gasteiger partial charge is 0.373 e. The Hall–Kier alpha value is -0.850. The Labute approximate surface area is 127 Å². The third kappa shape index (κ3) is 5.76. The van der Waals surface area contributed by atoms with Crippen LogP contribution in [0.3, 0.4) is 0 Å². The number of carbonyl (C=O) groups excluding carboxylic acids is 1. The standard InChI is InChI=1S/C14H20FIN2O/c1-3-4-5-8-17-14(19)10(2)18-13-7-6-11(15)9-12(13)16/h6-7,9-10,18H,3-5,8H2,1-2H3,(H,17,19). The summed E-state index contributed by atoms with van der Waals surface area (Å²) in [5, 5.41) is 5.98. The van der Waals surface area contributed by atoms with Crippen molar-refractivity contribution in [1.82, 2.24) is 5.32 Å². The number of rotatable bonds is 7. The average Bonchev–Trinajstić information content (AvgIpc) is 2.37. The molecule has 0 saturated carbocycles. The van der Waals surface area contributed by atoms with Crippen molar-refractivity contribution in [2.24, 2.45) is 0 Å². The zero-order valence-electron chi connectivity index (χ0n) is 11.3. The van der Waals surface area contributed by atoms with Crippen LogP contribution in [0.2, 0.25) is 0 Å². The minimum absolute atomic E-state index is 0.0313. The van der Waals surface area contributed by atoms with Crippen LogP contribution in [-0.4, -0.2) is 18.5 Å². The van der Waals surface area contributed by atoms with Crippen LogP contribution in [0.5, 0.6) is 0 Å². The first kappa shape index (κ1) is 16.2. The quantitative estimate of drug-likeness (QED) is 0.563. The molecule has 0 aliphatic rings. The van der Waals surface area contributed by atoms with Gasteiger partial charge in [0, 0.05) is 15.8 Å². The molecule has 1 aromatic rings. The number of unbranched alkanes of at least 4 members (excludes halogenated alkanes) is 2. The molecule has 1 unspecified atom stereocenters. The fourth-order valence-corrected chi connectivity index (χ4v) is 2.28. The van der Waals surface area contributed by atoms with Gasteiger partial charge in [0.1, 0.15) is 11.9 Å². The zero-order valence-corrected chi connectivity index (χ0v) is 13.5. The minimum Gasteiger partial charge on any atom is -0.373 e. The number of hydrogen-bond donors (Lipinski definition) is 2. The van der Waals surface area contributed by atoms with Gasteiger partial charge in [0.05, 0.1) is 0 Å². The summed E-state index contributed by atoms with van der Waals surface area (Å²) in [6, 6.07) is 4.14. The third-order valence-corrected chi connectivity index (χ3v) is 3.67. The summed E-state index contributed by atoms with van der Waals surface area (Å²) in [6.07, 6.45) is 3.26. The highest BCUT2D eigenvalue weighted by Crippen LogP contribution is 2.19. The molecule has 0 spiro atoms. The van der Waals surface area contributed by atoms with Crippen LogP contribution in [0.15, 0.2) is 18.2 Å². The maximum atomic E-state index is 13.0. The van der Waals surface area contributed by atoms with E-state index in [0.717, 1.165) is 28.5 Å². The molecule has 106 valence electrons. The Balaban J connectivity index is 2.45. The monoisotopic (exact) mass is 378 g/mol. The molecule has 0 aliphatic carbocycles. The molecule has 0 aromatic heterocycles. The van der Waals surface area contributed by atoms with Crippen molar-refractivity contribution in [1.29, 1.82) is 0 Å². The predicted molar refractivity (Wildman–Crippen MR) is 84.7 cm³/mol. The molecule has 3 nitrogen and oxygen atoms in total. The van der Waals surface area contributed by atoms with Gasteiger partial charge in [-0.1, -0.05) is 19.8 Å². The molecule has 0 saturated heterocycles. The lowest BCUT2D eigenvalue weighted by molar-refractivity contribution is -0.121. The van der Waals surface area contributed by atoms with Gasteiger partial charge in [-0.25, -0.2) is 4.39 Å². The number of hydrogen-bond acceptors (Lipinski definition) is 2. The van der Waals surface area contributed by atoms with E-state index >= 15 is 0 Å². The van der Waals surface area contributed by atoms with Crippen molar-refractivity contribution in [3.63, 3.8) is 0 Å². The fraction of sp³-hybridized carbons (Fsp3) is 0.500. The van der Waals surface area contributed by atoms with Crippen molar-refractivity contribution < 1.29 is 9.18 Å². The second kappa shape index (κ2) is 8.35. The van der Waals surface area contributed by atoms with Crippen LogP contribution in [-0.2, 0) is 4.79 Å². The third-order valence-electron chi connectivity index (χ3n) is 2.78. The highest BCUT2D eigenvalue weighted by atomic mass is 127. The summed E-state index contributed by atoms with van der Waals surface area (Å²) in [5.74, 6) is -0.303. The van der Waals surface area contributed by atoms with Crippen molar-refractivity contribution in [2.45, 2.75) is 39.2 Å². The molecule has 0 heterocycles. The van der Waals surface area contributed by atoms with Gasteiger partial charge < -0.3 is 10.6 Å². The Morgan fingerprint density at radius 1 is 1.42 bits per heavy atom. The average molecular weight is 378 g/mol. The van der Waals surface area contributed by atoms with Crippen molar-refractivity contribution in [3.05, 3.63) is 27.6 Å². The molecule has 0 bridgehead atoms. The minimum atomic E-state index is -0.333. The maximum absolute atomic E-state index is 13.0. The number of benzene rings is 1. The summed E-state index contributed by atoms with van der Waals surface area (Å²) in [6.45, 7) is 4.64. The lowest BCUT2D eigenvalue weighted by atomic mass is 10.2. The first-order valence-electron chi connectivity index (χ1n) is 6.54. The van der Waals surface area contributed by atoms with Gasteiger partial charge in [-0.15, -0.1) is 0 Å². The molecule has 0 aliphatic heterocycles. The number of carbonyl (C=O) groups is 1. The molecular weight excluding hydrogens is 358 g/mol. The molecular formula is C14H20FIN2O. The van der Waals surface area contributed by atoms with Gasteiger partial charge in [0.25, 0.3) is 0 Å².